The van der Waals surface area contributed by atoms with E-state index in [-0.39, 0.29) is 18.4 Å². The fourth-order valence-electron chi connectivity index (χ4n) is 2.28. The number of nitrogens with one attached hydrogen (secondary N) is 1. The summed E-state index contributed by atoms with van der Waals surface area (Å²) in [6, 6.07) is 7.44. The molecule has 0 spiro atoms. The van der Waals surface area contributed by atoms with Gasteiger partial charge in [-0.25, -0.2) is 0 Å². The second kappa shape index (κ2) is 9.07. The van der Waals surface area contributed by atoms with E-state index in [2.05, 4.69) is 17.1 Å². The van der Waals surface area contributed by atoms with E-state index in [9.17, 15) is 9.59 Å². The topological polar surface area (TPSA) is 52.7 Å². The number of benzene rings is 1. The second-order valence-corrected chi connectivity index (χ2v) is 5.22. The number of likely N-dealkylation sites (N-methyl/N-ethyl adjacent to an activating group) is 1. The summed E-state index contributed by atoms with van der Waals surface area (Å²) >= 11 is 0. The molecule has 0 fully saturated rings. The van der Waals surface area contributed by atoms with Gasteiger partial charge in [-0.05, 0) is 44.5 Å². The predicted molar refractivity (Wildman–Crippen MR) is 90.3 cm³/mol. The number of nitrogens with zero attached hydrogens (tertiary/aromatic N) is 2. The number of amides is 2. The molecule has 0 aliphatic heterocycles. The summed E-state index contributed by atoms with van der Waals surface area (Å²) in [5, 5.41) is 2.68. The van der Waals surface area contributed by atoms with Crippen LogP contribution < -0.4 is 10.2 Å². The standard InChI is InChI=1S/C17H27N3O2/c1-5-12-19(4)15-10-8-14(9-11-15)17(22)18-13-16(21)20(6-2)7-3/h8-11H,5-7,12-13H2,1-4H3,(H,18,22). The van der Waals surface area contributed by atoms with Crippen molar-refractivity contribution in [2.45, 2.75) is 27.2 Å². The summed E-state index contributed by atoms with van der Waals surface area (Å²) in [7, 11) is 2.03. The summed E-state index contributed by atoms with van der Waals surface area (Å²) in [4.78, 5) is 27.8. The minimum atomic E-state index is -0.217. The van der Waals surface area contributed by atoms with Crippen LogP contribution in [0.15, 0.2) is 24.3 Å². The van der Waals surface area contributed by atoms with Crippen LogP contribution in [-0.4, -0.2) is 49.9 Å². The van der Waals surface area contributed by atoms with E-state index < -0.39 is 0 Å². The molecule has 0 unspecified atom stereocenters. The molecule has 0 heterocycles. The van der Waals surface area contributed by atoms with Crippen LogP contribution in [0.25, 0.3) is 0 Å². The zero-order valence-corrected chi connectivity index (χ0v) is 14.1. The molecule has 0 aliphatic carbocycles. The SMILES string of the molecule is CCCN(C)c1ccc(C(=O)NCC(=O)N(CC)CC)cc1. The van der Waals surface area contributed by atoms with Gasteiger partial charge in [0.1, 0.15) is 0 Å². The van der Waals surface area contributed by atoms with E-state index in [0.717, 1.165) is 18.7 Å². The number of hydrogen-bond acceptors (Lipinski definition) is 3. The van der Waals surface area contributed by atoms with Gasteiger partial charge in [-0.3, -0.25) is 9.59 Å². The predicted octanol–water partition coefficient (Wildman–Crippen LogP) is 2.13. The Morgan fingerprint density at radius 3 is 2.14 bits per heavy atom. The van der Waals surface area contributed by atoms with E-state index in [1.807, 2.05) is 33.0 Å². The molecule has 2 amide bonds. The van der Waals surface area contributed by atoms with Gasteiger partial charge < -0.3 is 15.1 Å². The van der Waals surface area contributed by atoms with Crippen molar-refractivity contribution in [3.63, 3.8) is 0 Å². The number of hydrogen-bond donors (Lipinski definition) is 1. The van der Waals surface area contributed by atoms with Crippen molar-refractivity contribution in [2.24, 2.45) is 0 Å². The number of rotatable bonds is 8. The van der Waals surface area contributed by atoms with Crippen LogP contribution in [0, 0.1) is 0 Å². The van der Waals surface area contributed by atoms with Crippen LogP contribution in [0.4, 0.5) is 5.69 Å². The first kappa shape index (κ1) is 18.0. The molecule has 1 rings (SSSR count). The Labute approximate surface area is 133 Å². The highest BCUT2D eigenvalue weighted by molar-refractivity contribution is 5.96. The molecule has 5 heteroatoms. The van der Waals surface area contributed by atoms with Crippen molar-refractivity contribution in [3.8, 4) is 0 Å². The summed E-state index contributed by atoms with van der Waals surface area (Å²) < 4.78 is 0. The van der Waals surface area contributed by atoms with E-state index in [1.165, 1.54) is 0 Å². The molecular formula is C17H27N3O2. The fourth-order valence-corrected chi connectivity index (χ4v) is 2.28. The molecule has 0 aliphatic rings. The monoisotopic (exact) mass is 305 g/mol. The van der Waals surface area contributed by atoms with Crippen LogP contribution >= 0.6 is 0 Å². The normalized spacial score (nSPS) is 10.2. The van der Waals surface area contributed by atoms with Crippen molar-refractivity contribution in [1.29, 1.82) is 0 Å². The smallest absolute Gasteiger partial charge is 0.251 e. The Morgan fingerprint density at radius 1 is 1.05 bits per heavy atom. The van der Waals surface area contributed by atoms with Gasteiger partial charge in [0.15, 0.2) is 0 Å². The molecular weight excluding hydrogens is 278 g/mol. The van der Waals surface area contributed by atoms with Gasteiger partial charge in [0.05, 0.1) is 6.54 Å². The van der Waals surface area contributed by atoms with Crippen molar-refractivity contribution >= 4 is 17.5 Å². The van der Waals surface area contributed by atoms with Crippen molar-refractivity contribution in [3.05, 3.63) is 29.8 Å². The van der Waals surface area contributed by atoms with Crippen molar-refractivity contribution in [1.82, 2.24) is 10.2 Å². The first-order valence-corrected chi connectivity index (χ1v) is 7.90. The first-order chi connectivity index (χ1) is 10.5. The van der Waals surface area contributed by atoms with Crippen molar-refractivity contribution in [2.75, 3.05) is 38.1 Å². The maximum absolute atomic E-state index is 12.1. The van der Waals surface area contributed by atoms with Gasteiger partial charge in [0, 0.05) is 37.9 Å². The molecule has 0 atom stereocenters. The van der Waals surface area contributed by atoms with Crippen LogP contribution in [0.5, 0.6) is 0 Å². The molecule has 0 radical (unpaired) electrons. The largest absolute Gasteiger partial charge is 0.375 e. The van der Waals surface area contributed by atoms with E-state index in [0.29, 0.717) is 18.7 Å². The highest BCUT2D eigenvalue weighted by Crippen LogP contribution is 2.14. The van der Waals surface area contributed by atoms with Gasteiger partial charge in [-0.2, -0.15) is 0 Å². The van der Waals surface area contributed by atoms with E-state index >= 15 is 0 Å². The lowest BCUT2D eigenvalue weighted by Crippen LogP contribution is -2.40. The molecule has 22 heavy (non-hydrogen) atoms. The highest BCUT2D eigenvalue weighted by atomic mass is 16.2. The third kappa shape index (κ3) is 5.06. The van der Waals surface area contributed by atoms with Gasteiger partial charge in [-0.1, -0.05) is 6.92 Å². The maximum atomic E-state index is 12.1. The molecule has 0 bridgehead atoms. The zero-order valence-electron chi connectivity index (χ0n) is 14.1. The summed E-state index contributed by atoms with van der Waals surface area (Å²) in [6.07, 6.45) is 1.08. The maximum Gasteiger partial charge on any atom is 0.251 e. The number of anilines is 1. The number of carbonyl (C=O) groups is 2. The van der Waals surface area contributed by atoms with Gasteiger partial charge in [-0.15, -0.1) is 0 Å². The lowest BCUT2D eigenvalue weighted by atomic mass is 10.2. The molecule has 122 valence electrons. The Balaban J connectivity index is 2.57. The Morgan fingerprint density at radius 2 is 1.64 bits per heavy atom. The molecule has 0 saturated heterocycles. The Kier molecular flexibility index (Phi) is 7.43. The minimum absolute atomic E-state index is 0.0397. The molecule has 5 nitrogen and oxygen atoms in total. The molecule has 0 aromatic heterocycles. The van der Waals surface area contributed by atoms with Crippen LogP contribution in [0.2, 0.25) is 0 Å². The average molecular weight is 305 g/mol. The van der Waals surface area contributed by atoms with Crippen LogP contribution in [0.1, 0.15) is 37.6 Å². The Hall–Kier alpha value is -2.04. The third-order valence-corrected chi connectivity index (χ3v) is 3.65. The minimum Gasteiger partial charge on any atom is -0.375 e. The lowest BCUT2D eigenvalue weighted by molar-refractivity contribution is -0.129. The fraction of sp³-hybridized carbons (Fsp3) is 0.529. The molecule has 0 saturated carbocycles. The average Bonchev–Trinajstić information content (AvgIpc) is 2.54. The number of carbonyl (C=O) groups excluding carboxylic acids is 2. The molecule has 1 N–H and O–H groups in total. The second-order valence-electron chi connectivity index (χ2n) is 5.22. The van der Waals surface area contributed by atoms with Gasteiger partial charge >= 0.3 is 0 Å². The van der Waals surface area contributed by atoms with E-state index in [4.69, 9.17) is 0 Å². The van der Waals surface area contributed by atoms with Crippen LogP contribution in [0.3, 0.4) is 0 Å². The highest BCUT2D eigenvalue weighted by Gasteiger charge is 2.12. The molecule has 1 aromatic rings. The lowest BCUT2D eigenvalue weighted by Gasteiger charge is -2.19. The van der Waals surface area contributed by atoms with E-state index in [1.54, 1.807) is 17.0 Å². The quantitative estimate of drug-likeness (QED) is 0.800. The summed E-state index contributed by atoms with van der Waals surface area (Å²) in [6.45, 7) is 8.31. The summed E-state index contributed by atoms with van der Waals surface area (Å²) in [5.74, 6) is -0.275. The zero-order chi connectivity index (χ0) is 16.5. The first-order valence-electron chi connectivity index (χ1n) is 7.90. The van der Waals surface area contributed by atoms with Gasteiger partial charge in [0.25, 0.3) is 5.91 Å². The molecule has 1 aromatic carbocycles. The van der Waals surface area contributed by atoms with Crippen LogP contribution in [-0.2, 0) is 4.79 Å². The Bertz CT molecular complexity index is 481. The third-order valence-electron chi connectivity index (χ3n) is 3.65. The summed E-state index contributed by atoms with van der Waals surface area (Å²) in [5.41, 5.74) is 1.65. The van der Waals surface area contributed by atoms with Gasteiger partial charge in [0.2, 0.25) is 5.91 Å². The van der Waals surface area contributed by atoms with Crippen molar-refractivity contribution < 1.29 is 9.59 Å².